The van der Waals surface area contributed by atoms with Gasteiger partial charge in [0, 0.05) is 27.6 Å². The zero-order valence-corrected chi connectivity index (χ0v) is 42.0. The Morgan fingerprint density at radius 2 is 0.744 bits per heavy atom. The van der Waals surface area contributed by atoms with E-state index in [2.05, 4.69) is 10.0 Å². The molecule has 0 aliphatic heterocycles. The van der Waals surface area contributed by atoms with Crippen LogP contribution in [-0.2, 0) is 56.0 Å². The summed E-state index contributed by atoms with van der Waals surface area (Å²) in [6, 6.07) is 18.9. The number of nitrogens with zero attached hydrogens (tertiary/aromatic N) is 4. The first-order valence-electron chi connectivity index (χ1n) is 23.7. The Labute approximate surface area is 466 Å². The number of rotatable bonds is 10. The van der Waals surface area contributed by atoms with Crippen molar-refractivity contribution in [3.8, 4) is 11.6 Å². The van der Waals surface area contributed by atoms with Crippen LogP contribution in [0.4, 0.5) is 111 Å². The van der Waals surface area contributed by atoms with Gasteiger partial charge in [-0.1, -0.05) is 108 Å². The molecule has 8 rings (SSSR count). The molecular formula is C55H29BF24N4O2. The normalized spacial score (nSPS) is 13.0. The van der Waals surface area contributed by atoms with E-state index in [0.717, 1.165) is 10.9 Å². The highest BCUT2D eigenvalue weighted by atomic mass is 19.4. The predicted molar refractivity (Wildman–Crippen MR) is 260 cm³/mol. The molecule has 452 valence electrons. The van der Waals surface area contributed by atoms with Gasteiger partial charge in [0.1, 0.15) is 11.9 Å². The molecule has 1 heterocycles. The van der Waals surface area contributed by atoms with Crippen LogP contribution in [-0.4, -0.2) is 11.9 Å². The first-order valence-corrected chi connectivity index (χ1v) is 23.7. The maximum Gasteiger partial charge on any atom is 0.416 e. The molecule has 0 amide bonds. The van der Waals surface area contributed by atoms with Crippen LogP contribution in [0.2, 0.25) is 0 Å². The molecule has 0 unspecified atom stereocenters. The largest absolute Gasteiger partial charge is 0.416 e. The average Bonchev–Trinajstić information content (AvgIpc) is 0.718. The van der Waals surface area contributed by atoms with Crippen molar-refractivity contribution in [2.45, 2.75) is 56.0 Å². The Balaban J connectivity index is 0.000000302. The standard InChI is InChI=1S/C32H12BF24.C23H17N4O2/c34-25(35,36)13-1-14(26(37,38)39)6-21(5-13)33(22-7-15(27(40,41)42)2-16(8-22)28(43,44)45,23-9-17(29(46,47)48)3-18(10-23)30(49,50)51)24-11-19(31(52,53)54)4-20(12-24)32(55,56)57;24-26-25-19-10-6-11-20(15-19)29-23-14-13-17-7-4-5-12-21(17)27(23)16-22(28)18-8-2-1-3-9-18/h1-12H;1-15H,16H2/q-1;+1. The molecule has 0 saturated heterocycles. The van der Waals surface area contributed by atoms with Crippen LogP contribution in [0.25, 0.3) is 21.3 Å². The van der Waals surface area contributed by atoms with Crippen molar-refractivity contribution < 1.29 is 119 Å². The summed E-state index contributed by atoms with van der Waals surface area (Å²) in [5, 5.41) is 4.61. The van der Waals surface area contributed by atoms with Crippen molar-refractivity contribution in [1.82, 2.24) is 0 Å². The van der Waals surface area contributed by atoms with Gasteiger partial charge in [0.05, 0.1) is 50.6 Å². The summed E-state index contributed by atoms with van der Waals surface area (Å²) in [6.07, 6.45) is -54.8. The summed E-state index contributed by atoms with van der Waals surface area (Å²) in [6.45, 7) is 0.136. The Hall–Kier alpha value is -8.89. The number of aromatic nitrogens is 1. The summed E-state index contributed by atoms with van der Waals surface area (Å²) in [5.41, 5.74) is -19.6. The molecule has 0 bridgehead atoms. The number of azide groups is 1. The number of ketones is 1. The summed E-state index contributed by atoms with van der Waals surface area (Å²) in [4.78, 5) is 15.7. The Morgan fingerprint density at radius 1 is 0.407 bits per heavy atom. The summed E-state index contributed by atoms with van der Waals surface area (Å²) in [5.74, 6) is 1.02. The van der Waals surface area contributed by atoms with Crippen LogP contribution in [0.5, 0.6) is 11.6 Å². The van der Waals surface area contributed by atoms with E-state index in [4.69, 9.17) is 10.3 Å². The third-order valence-electron chi connectivity index (χ3n) is 12.9. The number of carbonyl (C=O) groups is 1. The molecule has 0 atom stereocenters. The van der Waals surface area contributed by atoms with Crippen LogP contribution < -0.4 is 31.2 Å². The van der Waals surface area contributed by atoms with Gasteiger partial charge in [-0.3, -0.25) is 4.79 Å². The topological polar surface area (TPSA) is 78.9 Å². The minimum absolute atomic E-state index is 0.0142. The number of carbonyl (C=O) groups excluding carboxylic acids is 1. The molecule has 0 spiro atoms. The van der Waals surface area contributed by atoms with E-state index in [1.807, 2.05) is 59.2 Å². The Morgan fingerprint density at radius 3 is 1.08 bits per heavy atom. The number of fused-ring (bicyclic) bond motifs is 1. The Bertz CT molecular complexity index is 3440. The minimum atomic E-state index is -6.13. The monoisotopic (exact) mass is 1240 g/mol. The third-order valence-corrected chi connectivity index (χ3v) is 12.9. The van der Waals surface area contributed by atoms with E-state index in [1.54, 1.807) is 36.4 Å². The third kappa shape index (κ3) is 14.6. The van der Waals surface area contributed by atoms with Gasteiger partial charge in [0.15, 0.2) is 0 Å². The molecule has 0 fully saturated rings. The fourth-order valence-electron chi connectivity index (χ4n) is 9.21. The molecule has 8 aromatic rings. The number of pyridine rings is 1. The lowest BCUT2D eigenvalue weighted by Gasteiger charge is -2.46. The van der Waals surface area contributed by atoms with Gasteiger partial charge in [-0.15, -0.1) is 0 Å². The highest BCUT2D eigenvalue weighted by molar-refractivity contribution is 7.20. The molecule has 0 radical (unpaired) electrons. The minimum Gasteiger partial charge on any atom is -0.405 e. The second kappa shape index (κ2) is 23.2. The van der Waals surface area contributed by atoms with Crippen LogP contribution >= 0.6 is 0 Å². The van der Waals surface area contributed by atoms with Crippen LogP contribution in [0, 0.1) is 0 Å². The van der Waals surface area contributed by atoms with E-state index in [-0.39, 0.29) is 12.3 Å². The van der Waals surface area contributed by atoms with Crippen LogP contribution in [0.15, 0.2) is 169 Å². The molecule has 0 aliphatic carbocycles. The number of ether oxygens (including phenoxy) is 1. The lowest BCUT2D eigenvalue weighted by atomic mass is 9.12. The maximum atomic E-state index is 14.2. The number of alkyl halides is 24. The number of Topliss-reactive ketones (excluding diaryl/α,β-unsaturated/α-hetero) is 1. The molecule has 31 heteroatoms. The molecule has 1 aromatic heterocycles. The van der Waals surface area contributed by atoms with Gasteiger partial charge in [-0.05, 0) is 54.1 Å². The lowest BCUT2D eigenvalue weighted by molar-refractivity contribution is -0.661. The number of benzene rings is 7. The van der Waals surface area contributed by atoms with Crippen molar-refractivity contribution in [2.24, 2.45) is 5.11 Å². The van der Waals surface area contributed by atoms with E-state index < -0.39 is 195 Å². The molecule has 7 aromatic carbocycles. The molecule has 86 heavy (non-hydrogen) atoms. The van der Waals surface area contributed by atoms with Gasteiger partial charge in [0.2, 0.25) is 17.8 Å². The van der Waals surface area contributed by atoms with Crippen molar-refractivity contribution in [1.29, 1.82) is 0 Å². The van der Waals surface area contributed by atoms with Gasteiger partial charge in [-0.25, -0.2) is 0 Å². The molecule has 0 N–H and O–H groups in total. The average molecular weight is 1240 g/mol. The van der Waals surface area contributed by atoms with Crippen molar-refractivity contribution >= 4 is 50.4 Å². The van der Waals surface area contributed by atoms with Crippen molar-refractivity contribution in [3.05, 3.63) is 224 Å². The quantitative estimate of drug-likeness (QED) is 0.0260. The van der Waals surface area contributed by atoms with E-state index in [0.29, 0.717) is 22.9 Å². The fraction of sp³-hybridized carbons (Fsp3) is 0.164. The van der Waals surface area contributed by atoms with Crippen molar-refractivity contribution in [2.75, 3.05) is 0 Å². The Kier molecular flexibility index (Phi) is 17.4. The maximum absolute atomic E-state index is 14.2. The van der Waals surface area contributed by atoms with Crippen LogP contribution in [0.1, 0.15) is 54.9 Å². The second-order valence-corrected chi connectivity index (χ2v) is 18.6. The van der Waals surface area contributed by atoms with Gasteiger partial charge in [-0.2, -0.15) is 132 Å². The summed E-state index contributed by atoms with van der Waals surface area (Å²) >= 11 is 0. The van der Waals surface area contributed by atoms with Gasteiger partial charge in [0.25, 0.3) is 0 Å². The number of hydrogen-bond donors (Lipinski definition) is 0. The second-order valence-electron chi connectivity index (χ2n) is 18.6. The zero-order chi connectivity index (χ0) is 64.0. The van der Waals surface area contributed by atoms with Gasteiger partial charge < -0.3 is 4.74 Å². The summed E-state index contributed by atoms with van der Waals surface area (Å²) < 4.78 is 349. The fourth-order valence-corrected chi connectivity index (χ4v) is 9.21. The first kappa shape index (κ1) is 64.7. The van der Waals surface area contributed by atoms with E-state index in [1.165, 1.54) is 0 Å². The van der Waals surface area contributed by atoms with E-state index >= 15 is 0 Å². The van der Waals surface area contributed by atoms with E-state index in [9.17, 15) is 110 Å². The SMILES string of the molecule is FC(F)(F)c1cc([B-](c2cc(C(F)(F)F)cc(C(F)(F)F)c2)(c2cc(C(F)(F)F)cc(C(F)(F)F)c2)c2cc(C(F)(F)F)cc(C(F)(F)F)c2)cc(C(F)(F)F)c1.[N-]=[N+]=Nc1cccc(Oc2ccc3ccccc3[n+]2CC(=O)c2ccccc2)c1. The first-order chi connectivity index (χ1) is 39.5. The van der Waals surface area contributed by atoms with Crippen LogP contribution in [0.3, 0.4) is 0 Å². The van der Waals surface area contributed by atoms with Crippen molar-refractivity contribution in [3.63, 3.8) is 0 Å². The lowest BCUT2D eigenvalue weighted by Crippen LogP contribution is -2.75. The smallest absolute Gasteiger partial charge is 0.405 e. The number of halogens is 24. The summed E-state index contributed by atoms with van der Waals surface area (Å²) in [7, 11) is 0. The highest BCUT2D eigenvalue weighted by Gasteiger charge is 2.47. The molecule has 0 aliphatic rings. The highest BCUT2D eigenvalue weighted by Crippen LogP contribution is 2.42. The number of hydrogen-bond acceptors (Lipinski definition) is 3. The van der Waals surface area contributed by atoms with Gasteiger partial charge >= 0.3 is 55.3 Å². The zero-order valence-electron chi connectivity index (χ0n) is 42.0. The number of para-hydroxylation sites is 1. The predicted octanol–water partition coefficient (Wildman–Crippen LogP) is 17.0. The molecule has 6 nitrogen and oxygen atoms in total. The molecule has 0 saturated carbocycles. The molecular weight excluding hydrogens is 1220 g/mol.